The van der Waals surface area contributed by atoms with E-state index in [2.05, 4.69) is 15.9 Å². The van der Waals surface area contributed by atoms with Crippen LogP contribution in [0.3, 0.4) is 0 Å². The highest BCUT2D eigenvalue weighted by atomic mass is 79.9. The maximum Gasteiger partial charge on any atom is 0.107 e. The van der Waals surface area contributed by atoms with Crippen molar-refractivity contribution in [1.29, 1.82) is 0 Å². The number of alkyl halides is 1. The summed E-state index contributed by atoms with van der Waals surface area (Å²) < 4.78 is 1.62. The molecular weight excluding hydrogens is 362 g/mol. The monoisotopic (exact) mass is 368 g/mol. The van der Waals surface area contributed by atoms with Gasteiger partial charge in [0.2, 0.25) is 0 Å². The smallest absolute Gasteiger partial charge is 0.107 e. The van der Waals surface area contributed by atoms with Crippen molar-refractivity contribution in [2.75, 3.05) is 0 Å². The molecule has 0 fully saturated rings. The van der Waals surface area contributed by atoms with Crippen LogP contribution in [0.4, 0.5) is 0 Å². The van der Waals surface area contributed by atoms with Crippen molar-refractivity contribution < 1.29 is 0 Å². The number of hydrogen-bond donors (Lipinski definition) is 0. The Kier molecular flexibility index (Phi) is 4.79. The van der Waals surface area contributed by atoms with Gasteiger partial charge >= 0.3 is 0 Å². The SMILES string of the molecule is Clc1ccccc1CC(Cl)c1cc(Br)c(Cl)s1. The standard InChI is InChI=1S/C12H8BrCl3S/c13-8-6-11(17-12(8)16)10(15)5-7-3-1-2-4-9(7)14/h1-4,6,10H,5H2. The Balaban J connectivity index is 2.17. The largest absolute Gasteiger partial charge is 0.126 e. The third-order valence-electron chi connectivity index (χ3n) is 2.33. The molecule has 1 aromatic heterocycles. The molecule has 1 heterocycles. The van der Waals surface area contributed by atoms with Crippen LogP contribution in [0.25, 0.3) is 0 Å². The van der Waals surface area contributed by atoms with Gasteiger partial charge in [0.05, 0.1) is 5.38 Å². The van der Waals surface area contributed by atoms with Gasteiger partial charge in [-0.25, -0.2) is 0 Å². The van der Waals surface area contributed by atoms with Crippen molar-refractivity contribution in [3.05, 3.63) is 54.6 Å². The minimum Gasteiger partial charge on any atom is -0.126 e. The maximum atomic E-state index is 6.37. The van der Waals surface area contributed by atoms with Crippen LogP contribution in [0.5, 0.6) is 0 Å². The van der Waals surface area contributed by atoms with Crippen LogP contribution >= 0.6 is 62.1 Å². The molecule has 2 aromatic rings. The van der Waals surface area contributed by atoms with Crippen molar-refractivity contribution in [2.45, 2.75) is 11.8 Å². The Hall–Kier alpha value is 0.270. The first-order chi connectivity index (χ1) is 8.08. The molecule has 0 amide bonds. The summed E-state index contributed by atoms with van der Waals surface area (Å²) in [6.45, 7) is 0. The lowest BCUT2D eigenvalue weighted by atomic mass is 10.1. The molecule has 0 spiro atoms. The second-order valence-corrected chi connectivity index (χ2v) is 7.01. The zero-order valence-corrected chi connectivity index (χ0v) is 13.3. The van der Waals surface area contributed by atoms with Crippen molar-refractivity contribution in [3.8, 4) is 0 Å². The molecule has 1 unspecified atom stereocenters. The fourth-order valence-corrected chi connectivity index (χ4v) is 3.77. The third kappa shape index (κ3) is 3.39. The molecule has 1 aromatic carbocycles. The zero-order chi connectivity index (χ0) is 12.4. The van der Waals surface area contributed by atoms with Gasteiger partial charge in [0.15, 0.2) is 0 Å². The molecule has 90 valence electrons. The van der Waals surface area contributed by atoms with Crippen LogP contribution in [0.15, 0.2) is 34.8 Å². The van der Waals surface area contributed by atoms with Crippen LogP contribution in [0.2, 0.25) is 9.36 Å². The average Bonchev–Trinajstić information content (AvgIpc) is 2.63. The molecule has 0 aliphatic carbocycles. The molecule has 0 saturated carbocycles. The Morgan fingerprint density at radius 2 is 1.94 bits per heavy atom. The van der Waals surface area contributed by atoms with Gasteiger partial charge in [-0.15, -0.1) is 22.9 Å². The van der Waals surface area contributed by atoms with E-state index in [0.29, 0.717) is 6.42 Å². The lowest BCUT2D eigenvalue weighted by Gasteiger charge is -2.08. The normalized spacial score (nSPS) is 12.7. The van der Waals surface area contributed by atoms with Crippen LogP contribution in [-0.2, 0) is 6.42 Å². The summed E-state index contributed by atoms with van der Waals surface area (Å²) in [4.78, 5) is 1.04. The zero-order valence-electron chi connectivity index (χ0n) is 8.59. The second kappa shape index (κ2) is 5.94. The van der Waals surface area contributed by atoms with Crippen molar-refractivity contribution in [3.63, 3.8) is 0 Å². The summed E-state index contributed by atoms with van der Waals surface area (Å²) in [5.74, 6) is 0. The van der Waals surface area contributed by atoms with Crippen molar-refractivity contribution in [2.24, 2.45) is 0 Å². The predicted octanol–water partition coefficient (Wildman–Crippen LogP) is 6.34. The average molecular weight is 371 g/mol. The maximum absolute atomic E-state index is 6.37. The summed E-state index contributed by atoms with van der Waals surface area (Å²) in [5.41, 5.74) is 1.05. The van der Waals surface area contributed by atoms with E-state index >= 15 is 0 Å². The fraction of sp³-hybridized carbons (Fsp3) is 0.167. The van der Waals surface area contributed by atoms with E-state index in [1.54, 1.807) is 0 Å². The number of benzene rings is 1. The Morgan fingerprint density at radius 1 is 1.24 bits per heavy atom. The first-order valence-corrected chi connectivity index (χ1v) is 7.70. The molecule has 17 heavy (non-hydrogen) atoms. The minimum atomic E-state index is -0.108. The van der Waals surface area contributed by atoms with E-state index in [1.807, 2.05) is 30.3 Å². The lowest BCUT2D eigenvalue weighted by Crippen LogP contribution is -1.94. The topological polar surface area (TPSA) is 0 Å². The molecule has 0 nitrogen and oxygen atoms in total. The van der Waals surface area contributed by atoms with Crippen LogP contribution < -0.4 is 0 Å². The summed E-state index contributed by atoms with van der Waals surface area (Å²) in [7, 11) is 0. The summed E-state index contributed by atoms with van der Waals surface area (Å²) >= 11 is 23.3. The van der Waals surface area contributed by atoms with Gasteiger partial charge in [0, 0.05) is 14.4 Å². The number of hydrogen-bond acceptors (Lipinski definition) is 1. The van der Waals surface area contributed by atoms with E-state index in [-0.39, 0.29) is 5.38 Å². The molecular formula is C12H8BrCl3S. The third-order valence-corrected chi connectivity index (χ3v) is 5.81. The van der Waals surface area contributed by atoms with E-state index in [0.717, 1.165) is 24.3 Å². The van der Waals surface area contributed by atoms with E-state index in [4.69, 9.17) is 34.8 Å². The van der Waals surface area contributed by atoms with Gasteiger partial charge in [-0.3, -0.25) is 0 Å². The fourth-order valence-electron chi connectivity index (χ4n) is 1.48. The number of halogens is 4. The number of rotatable bonds is 3. The summed E-state index contributed by atoms with van der Waals surface area (Å²) in [6, 6.07) is 9.69. The van der Waals surface area contributed by atoms with Gasteiger partial charge < -0.3 is 0 Å². The highest BCUT2D eigenvalue weighted by molar-refractivity contribution is 9.10. The van der Waals surface area contributed by atoms with Gasteiger partial charge in [0.25, 0.3) is 0 Å². The highest BCUT2D eigenvalue weighted by Gasteiger charge is 2.15. The lowest BCUT2D eigenvalue weighted by molar-refractivity contribution is 0.940. The van der Waals surface area contributed by atoms with Crippen LogP contribution in [0.1, 0.15) is 15.8 Å². The Bertz CT molecular complexity index is 505. The molecule has 5 heteroatoms. The highest BCUT2D eigenvalue weighted by Crippen LogP contribution is 2.39. The van der Waals surface area contributed by atoms with Crippen molar-refractivity contribution in [1.82, 2.24) is 0 Å². The first kappa shape index (κ1) is 13.7. The summed E-state index contributed by atoms with van der Waals surface area (Å²) in [6.07, 6.45) is 0.699. The molecule has 1 atom stereocenters. The molecule has 0 bridgehead atoms. The quantitative estimate of drug-likeness (QED) is 0.553. The molecule has 0 aliphatic rings. The van der Waals surface area contributed by atoms with Gasteiger partial charge in [-0.05, 0) is 40.0 Å². The molecule has 0 N–H and O–H groups in total. The van der Waals surface area contributed by atoms with Crippen LogP contribution in [-0.4, -0.2) is 0 Å². The van der Waals surface area contributed by atoms with Crippen molar-refractivity contribution >= 4 is 62.1 Å². The first-order valence-electron chi connectivity index (χ1n) is 4.90. The molecule has 2 rings (SSSR count). The van der Waals surface area contributed by atoms with E-state index < -0.39 is 0 Å². The molecule has 0 radical (unpaired) electrons. The van der Waals surface area contributed by atoms with Gasteiger partial charge in [0.1, 0.15) is 4.34 Å². The second-order valence-electron chi connectivity index (χ2n) is 3.53. The van der Waals surface area contributed by atoms with Gasteiger partial charge in [-0.2, -0.15) is 0 Å². The van der Waals surface area contributed by atoms with Gasteiger partial charge in [-0.1, -0.05) is 41.4 Å². The number of thiophene rings is 1. The Labute approximate surface area is 128 Å². The van der Waals surface area contributed by atoms with E-state index in [1.165, 1.54) is 11.3 Å². The molecule has 0 aliphatic heterocycles. The summed E-state index contributed by atoms with van der Waals surface area (Å²) in [5, 5.41) is 0.642. The van der Waals surface area contributed by atoms with E-state index in [9.17, 15) is 0 Å². The van der Waals surface area contributed by atoms with Crippen LogP contribution in [0, 0.1) is 0 Å². The minimum absolute atomic E-state index is 0.108. The molecule has 0 saturated heterocycles. The Morgan fingerprint density at radius 3 is 2.53 bits per heavy atom. The predicted molar refractivity (Wildman–Crippen MR) is 80.8 cm³/mol.